The summed E-state index contributed by atoms with van der Waals surface area (Å²) in [6.45, 7) is 3.58. The van der Waals surface area contributed by atoms with Gasteiger partial charge in [-0.05, 0) is 31.7 Å². The van der Waals surface area contributed by atoms with Crippen molar-refractivity contribution in [3.63, 3.8) is 0 Å². The van der Waals surface area contributed by atoms with Gasteiger partial charge in [0.2, 0.25) is 0 Å². The van der Waals surface area contributed by atoms with E-state index in [0.29, 0.717) is 0 Å². The van der Waals surface area contributed by atoms with Gasteiger partial charge in [0, 0.05) is 50.6 Å². The lowest BCUT2D eigenvalue weighted by molar-refractivity contribution is 0.607. The second-order valence-corrected chi connectivity index (χ2v) is 6.46. The Labute approximate surface area is 140 Å². The van der Waals surface area contributed by atoms with E-state index < -0.39 is 0 Å². The van der Waals surface area contributed by atoms with E-state index in [-0.39, 0.29) is 5.56 Å². The van der Waals surface area contributed by atoms with Crippen LogP contribution < -0.4 is 15.4 Å². The van der Waals surface area contributed by atoms with Crippen LogP contribution in [0, 0.1) is 0 Å². The highest BCUT2D eigenvalue weighted by Gasteiger charge is 2.24. The van der Waals surface area contributed by atoms with Crippen LogP contribution in [0.5, 0.6) is 0 Å². The number of anilines is 2. The molecule has 0 bridgehead atoms. The Kier molecular flexibility index (Phi) is 3.92. The summed E-state index contributed by atoms with van der Waals surface area (Å²) in [6.07, 6.45) is 6.34. The monoisotopic (exact) mass is 326 g/mol. The lowest BCUT2D eigenvalue weighted by Gasteiger charge is -2.37. The highest BCUT2D eigenvalue weighted by atomic mass is 16.1. The van der Waals surface area contributed by atoms with Gasteiger partial charge in [0.1, 0.15) is 18.0 Å². The minimum Gasteiger partial charge on any atom is -0.353 e. The predicted octanol–water partition coefficient (Wildman–Crippen LogP) is 0.776. The Morgan fingerprint density at radius 2 is 1.71 bits per heavy atom. The molecule has 126 valence electrons. The van der Waals surface area contributed by atoms with Crippen LogP contribution in [0.2, 0.25) is 0 Å². The van der Waals surface area contributed by atoms with Gasteiger partial charge in [-0.3, -0.25) is 4.79 Å². The van der Waals surface area contributed by atoms with E-state index in [1.54, 1.807) is 19.4 Å². The molecular formula is C17H22N6O. The third-order valence-electron chi connectivity index (χ3n) is 4.95. The molecule has 7 nitrogen and oxygen atoms in total. The fraction of sp³-hybridized carbons (Fsp3) is 0.529. The number of fused-ring (bicyclic) bond motifs is 1. The van der Waals surface area contributed by atoms with Crippen LogP contribution in [0.1, 0.15) is 24.1 Å². The number of hydrogen-bond acceptors (Lipinski definition) is 6. The standard InChI is InChI=1S/C17H22N6O/c1-21-16(24)7-6-15(20-21)22-8-10-23(11-9-22)17-13-4-2-3-5-14(13)18-12-19-17/h6-7,12H,2-5,8-11H2,1H3. The summed E-state index contributed by atoms with van der Waals surface area (Å²) in [7, 11) is 1.69. The second kappa shape index (κ2) is 6.22. The normalized spacial score (nSPS) is 17.7. The molecule has 1 aliphatic carbocycles. The molecule has 4 rings (SSSR count). The molecule has 1 fully saturated rings. The third-order valence-corrected chi connectivity index (χ3v) is 4.95. The fourth-order valence-electron chi connectivity index (χ4n) is 3.58. The van der Waals surface area contributed by atoms with Crippen LogP contribution in [0.3, 0.4) is 0 Å². The van der Waals surface area contributed by atoms with Crippen LogP contribution in [0.25, 0.3) is 0 Å². The van der Waals surface area contributed by atoms with Gasteiger partial charge in [-0.2, -0.15) is 5.10 Å². The molecule has 0 saturated carbocycles. The fourth-order valence-corrected chi connectivity index (χ4v) is 3.58. The summed E-state index contributed by atoms with van der Waals surface area (Å²) in [5.41, 5.74) is 2.50. The highest BCUT2D eigenvalue weighted by molar-refractivity contribution is 5.51. The molecule has 0 N–H and O–H groups in total. The van der Waals surface area contributed by atoms with E-state index in [1.165, 1.54) is 28.8 Å². The van der Waals surface area contributed by atoms with E-state index in [4.69, 9.17) is 0 Å². The molecule has 0 radical (unpaired) electrons. The Balaban J connectivity index is 1.50. The van der Waals surface area contributed by atoms with Crippen LogP contribution in [-0.2, 0) is 19.9 Å². The summed E-state index contributed by atoms with van der Waals surface area (Å²) in [5.74, 6) is 1.98. The first-order chi connectivity index (χ1) is 11.7. The third kappa shape index (κ3) is 2.74. The van der Waals surface area contributed by atoms with Gasteiger partial charge in [0.25, 0.3) is 5.56 Å². The molecule has 24 heavy (non-hydrogen) atoms. The van der Waals surface area contributed by atoms with Crippen LogP contribution in [0.4, 0.5) is 11.6 Å². The van der Waals surface area contributed by atoms with Crippen molar-refractivity contribution < 1.29 is 0 Å². The van der Waals surface area contributed by atoms with Gasteiger partial charge in [-0.1, -0.05) is 0 Å². The molecule has 2 aromatic rings. The zero-order valence-corrected chi connectivity index (χ0v) is 14.0. The number of rotatable bonds is 2. The lowest BCUT2D eigenvalue weighted by atomic mass is 9.96. The zero-order valence-electron chi connectivity index (χ0n) is 14.0. The van der Waals surface area contributed by atoms with Gasteiger partial charge in [0.15, 0.2) is 0 Å². The minimum atomic E-state index is -0.0787. The van der Waals surface area contributed by atoms with Crippen molar-refractivity contribution in [2.45, 2.75) is 25.7 Å². The smallest absolute Gasteiger partial charge is 0.266 e. The molecule has 0 unspecified atom stereocenters. The molecule has 1 saturated heterocycles. The maximum atomic E-state index is 11.5. The van der Waals surface area contributed by atoms with Crippen LogP contribution >= 0.6 is 0 Å². The van der Waals surface area contributed by atoms with E-state index in [9.17, 15) is 4.79 Å². The van der Waals surface area contributed by atoms with Crippen molar-refractivity contribution in [1.82, 2.24) is 19.7 Å². The van der Waals surface area contributed by atoms with Crippen molar-refractivity contribution >= 4 is 11.6 Å². The van der Waals surface area contributed by atoms with Crippen LogP contribution in [-0.4, -0.2) is 45.9 Å². The molecule has 0 aromatic carbocycles. The highest BCUT2D eigenvalue weighted by Crippen LogP contribution is 2.28. The number of piperazine rings is 1. The number of nitrogens with zero attached hydrogens (tertiary/aromatic N) is 6. The van der Waals surface area contributed by atoms with Gasteiger partial charge >= 0.3 is 0 Å². The molecule has 0 spiro atoms. The zero-order chi connectivity index (χ0) is 16.5. The first kappa shape index (κ1) is 15.1. The van der Waals surface area contributed by atoms with E-state index in [2.05, 4.69) is 24.9 Å². The van der Waals surface area contributed by atoms with Gasteiger partial charge in [-0.15, -0.1) is 0 Å². The Morgan fingerprint density at radius 1 is 0.958 bits per heavy atom. The summed E-state index contributed by atoms with van der Waals surface area (Å²) in [5, 5.41) is 4.35. The van der Waals surface area contributed by atoms with Crippen molar-refractivity contribution in [2.75, 3.05) is 36.0 Å². The maximum absolute atomic E-state index is 11.5. The van der Waals surface area contributed by atoms with Crippen molar-refractivity contribution in [1.29, 1.82) is 0 Å². The van der Waals surface area contributed by atoms with Gasteiger partial charge in [0.05, 0.1) is 0 Å². The first-order valence-corrected chi connectivity index (χ1v) is 8.59. The predicted molar refractivity (Wildman–Crippen MR) is 92.6 cm³/mol. The summed E-state index contributed by atoms with van der Waals surface area (Å²) < 4.78 is 1.39. The average molecular weight is 326 g/mol. The largest absolute Gasteiger partial charge is 0.353 e. The minimum absolute atomic E-state index is 0.0787. The summed E-state index contributed by atoms with van der Waals surface area (Å²) in [4.78, 5) is 25.1. The average Bonchev–Trinajstić information content (AvgIpc) is 2.64. The second-order valence-electron chi connectivity index (χ2n) is 6.46. The van der Waals surface area contributed by atoms with Gasteiger partial charge in [-0.25, -0.2) is 14.6 Å². The molecule has 3 heterocycles. The van der Waals surface area contributed by atoms with Crippen LogP contribution in [0.15, 0.2) is 23.3 Å². The molecule has 0 amide bonds. The molecule has 0 atom stereocenters. The number of hydrogen-bond donors (Lipinski definition) is 0. The molecule has 2 aromatic heterocycles. The molecule has 1 aliphatic heterocycles. The summed E-state index contributed by atoms with van der Waals surface area (Å²) in [6, 6.07) is 3.39. The van der Waals surface area contributed by atoms with Gasteiger partial charge < -0.3 is 9.80 Å². The first-order valence-electron chi connectivity index (χ1n) is 8.59. The van der Waals surface area contributed by atoms with E-state index in [1.807, 2.05) is 6.07 Å². The maximum Gasteiger partial charge on any atom is 0.266 e. The summed E-state index contributed by atoms with van der Waals surface area (Å²) >= 11 is 0. The topological polar surface area (TPSA) is 67.2 Å². The SMILES string of the molecule is Cn1nc(N2CCN(c3ncnc4c3CCCC4)CC2)ccc1=O. The quantitative estimate of drug-likeness (QED) is 0.812. The Morgan fingerprint density at radius 3 is 2.50 bits per heavy atom. The van der Waals surface area contributed by atoms with Crippen molar-refractivity contribution in [3.8, 4) is 0 Å². The number of aromatic nitrogens is 4. The van der Waals surface area contributed by atoms with E-state index in [0.717, 1.165) is 50.7 Å². The Bertz CT molecular complexity index is 794. The molecule has 7 heteroatoms. The number of aryl methyl sites for hydroxylation is 2. The van der Waals surface area contributed by atoms with Crippen molar-refractivity contribution in [2.24, 2.45) is 7.05 Å². The lowest BCUT2D eigenvalue weighted by Crippen LogP contribution is -2.48. The van der Waals surface area contributed by atoms with Crippen molar-refractivity contribution in [3.05, 3.63) is 40.1 Å². The molecular weight excluding hydrogens is 304 g/mol. The Hall–Kier alpha value is -2.44. The molecule has 2 aliphatic rings. The van der Waals surface area contributed by atoms with E-state index >= 15 is 0 Å².